The number of amides is 2. The number of hydrogen-bond acceptors (Lipinski definition) is 3. The second-order valence-corrected chi connectivity index (χ2v) is 5.22. The maximum Gasteiger partial charge on any atom is 0.315 e. The van der Waals surface area contributed by atoms with Crippen LogP contribution >= 0.6 is 0 Å². The largest absolute Gasteiger partial charge is 0.409 e. The molecule has 1 fully saturated rings. The normalized spacial score (nSPS) is 19.5. The number of urea groups is 1. The van der Waals surface area contributed by atoms with Gasteiger partial charge in [-0.3, -0.25) is 0 Å². The van der Waals surface area contributed by atoms with E-state index in [9.17, 15) is 4.79 Å². The molecule has 0 spiro atoms. The fraction of sp³-hybridized carbons (Fsp3) is 0.846. The Morgan fingerprint density at radius 2 is 1.95 bits per heavy atom. The maximum atomic E-state index is 11.9. The smallest absolute Gasteiger partial charge is 0.315 e. The first-order valence-corrected chi connectivity index (χ1v) is 7.18. The topological polar surface area (TPSA) is 99.7 Å². The van der Waals surface area contributed by atoms with Gasteiger partial charge < -0.3 is 21.6 Å². The molecule has 0 unspecified atom stereocenters. The molecule has 0 atom stereocenters. The first-order chi connectivity index (χ1) is 9.14. The highest BCUT2D eigenvalue weighted by atomic mass is 16.4. The van der Waals surface area contributed by atoms with Crippen LogP contribution in [-0.2, 0) is 0 Å². The number of nitrogens with two attached hydrogens (primary N) is 1. The first-order valence-electron chi connectivity index (χ1n) is 7.18. The van der Waals surface area contributed by atoms with Gasteiger partial charge in [-0.05, 0) is 19.3 Å². The van der Waals surface area contributed by atoms with Gasteiger partial charge in [-0.1, -0.05) is 44.2 Å². The van der Waals surface area contributed by atoms with Crippen molar-refractivity contribution < 1.29 is 10.0 Å². The molecule has 2 amide bonds. The Morgan fingerprint density at radius 1 is 1.32 bits per heavy atom. The fourth-order valence-corrected chi connectivity index (χ4v) is 2.51. The number of amidine groups is 1. The summed E-state index contributed by atoms with van der Waals surface area (Å²) in [6.45, 7) is 2.72. The Labute approximate surface area is 114 Å². The van der Waals surface area contributed by atoms with Crippen LogP contribution in [0.3, 0.4) is 0 Å². The highest BCUT2D eigenvalue weighted by Crippen LogP contribution is 2.27. The number of oxime groups is 1. The lowest BCUT2D eigenvalue weighted by Crippen LogP contribution is -2.59. The van der Waals surface area contributed by atoms with Crippen LogP contribution < -0.4 is 16.4 Å². The van der Waals surface area contributed by atoms with E-state index in [2.05, 4.69) is 22.7 Å². The van der Waals surface area contributed by atoms with Crippen LogP contribution in [0.2, 0.25) is 0 Å². The van der Waals surface area contributed by atoms with Crippen LogP contribution in [0.5, 0.6) is 0 Å². The molecule has 0 aromatic heterocycles. The van der Waals surface area contributed by atoms with Gasteiger partial charge in [0.15, 0.2) is 5.84 Å². The van der Waals surface area contributed by atoms with Crippen molar-refractivity contribution in [1.29, 1.82) is 0 Å². The monoisotopic (exact) mass is 270 g/mol. The van der Waals surface area contributed by atoms with Crippen LogP contribution in [0.25, 0.3) is 0 Å². The third kappa shape index (κ3) is 4.61. The van der Waals surface area contributed by atoms with Crippen molar-refractivity contribution >= 4 is 11.9 Å². The van der Waals surface area contributed by atoms with Crippen LogP contribution in [0, 0.1) is 0 Å². The molecule has 1 saturated carbocycles. The zero-order chi connectivity index (χ0) is 14.1. The molecular formula is C13H26N4O2. The second-order valence-electron chi connectivity index (χ2n) is 5.22. The van der Waals surface area contributed by atoms with Gasteiger partial charge in [0.1, 0.15) is 5.54 Å². The molecule has 0 bridgehead atoms. The summed E-state index contributed by atoms with van der Waals surface area (Å²) in [6.07, 6.45) is 7.64. The molecule has 6 nitrogen and oxygen atoms in total. The van der Waals surface area contributed by atoms with Crippen LogP contribution in [-0.4, -0.2) is 29.2 Å². The van der Waals surface area contributed by atoms with Gasteiger partial charge in [-0.15, -0.1) is 0 Å². The number of carbonyl (C=O) groups is 1. The number of carbonyl (C=O) groups excluding carboxylic acids is 1. The van der Waals surface area contributed by atoms with E-state index in [4.69, 9.17) is 10.9 Å². The molecule has 1 aliphatic carbocycles. The molecule has 0 aromatic carbocycles. The van der Waals surface area contributed by atoms with Gasteiger partial charge in [-0.2, -0.15) is 0 Å². The number of hydrogen-bond donors (Lipinski definition) is 4. The quantitative estimate of drug-likeness (QED) is 0.153. The Morgan fingerprint density at radius 3 is 2.47 bits per heavy atom. The van der Waals surface area contributed by atoms with E-state index in [1.165, 1.54) is 0 Å². The summed E-state index contributed by atoms with van der Waals surface area (Å²) in [5, 5.41) is 17.8. The summed E-state index contributed by atoms with van der Waals surface area (Å²) in [5.41, 5.74) is 5.12. The minimum Gasteiger partial charge on any atom is -0.409 e. The molecule has 0 heterocycles. The zero-order valence-electron chi connectivity index (χ0n) is 11.7. The minimum absolute atomic E-state index is 0.111. The average molecular weight is 270 g/mol. The van der Waals surface area contributed by atoms with Gasteiger partial charge in [0, 0.05) is 6.54 Å². The van der Waals surface area contributed by atoms with Crippen molar-refractivity contribution in [3.05, 3.63) is 0 Å². The molecule has 0 aromatic rings. The Kier molecular flexibility index (Phi) is 6.45. The molecule has 0 radical (unpaired) electrons. The van der Waals surface area contributed by atoms with Crippen LogP contribution in [0.15, 0.2) is 5.16 Å². The van der Waals surface area contributed by atoms with Crippen LogP contribution in [0.1, 0.15) is 58.3 Å². The van der Waals surface area contributed by atoms with E-state index in [1.807, 2.05) is 0 Å². The fourth-order valence-electron chi connectivity index (χ4n) is 2.51. The predicted octanol–water partition coefficient (Wildman–Crippen LogP) is 1.93. The van der Waals surface area contributed by atoms with E-state index in [0.29, 0.717) is 6.54 Å². The molecule has 19 heavy (non-hydrogen) atoms. The average Bonchev–Trinajstić information content (AvgIpc) is 2.64. The van der Waals surface area contributed by atoms with Gasteiger partial charge in [-0.25, -0.2) is 4.79 Å². The Balaban J connectivity index is 2.66. The molecule has 0 aliphatic heterocycles. The number of unbranched alkanes of at least 4 members (excludes halogenated alkanes) is 1. The lowest BCUT2D eigenvalue weighted by Gasteiger charge is -2.32. The standard InChI is InChI=1S/C13H26N4O2/c1-2-3-10-15-12(18)16-13(11(14)17-19)8-6-4-5-7-9-13/h19H,2-10H2,1H3,(H2,14,17)(H2,15,16,18). The van der Waals surface area contributed by atoms with Crippen molar-refractivity contribution in [3.8, 4) is 0 Å². The van der Waals surface area contributed by atoms with Crippen molar-refractivity contribution in [1.82, 2.24) is 10.6 Å². The van der Waals surface area contributed by atoms with E-state index in [0.717, 1.165) is 51.4 Å². The molecule has 1 rings (SSSR count). The van der Waals surface area contributed by atoms with Crippen molar-refractivity contribution in [3.63, 3.8) is 0 Å². The summed E-state index contributed by atoms with van der Waals surface area (Å²) in [6, 6.07) is -0.234. The van der Waals surface area contributed by atoms with E-state index >= 15 is 0 Å². The van der Waals surface area contributed by atoms with Crippen molar-refractivity contribution in [2.45, 2.75) is 63.8 Å². The molecule has 0 saturated heterocycles. The van der Waals surface area contributed by atoms with Crippen LogP contribution in [0.4, 0.5) is 4.79 Å². The van der Waals surface area contributed by atoms with E-state index < -0.39 is 5.54 Å². The third-order valence-electron chi connectivity index (χ3n) is 3.72. The van der Waals surface area contributed by atoms with E-state index in [1.54, 1.807) is 0 Å². The Bertz CT molecular complexity index is 310. The van der Waals surface area contributed by atoms with E-state index in [-0.39, 0.29) is 11.9 Å². The number of nitrogens with one attached hydrogen (secondary N) is 2. The highest BCUT2D eigenvalue weighted by molar-refractivity contribution is 5.93. The van der Waals surface area contributed by atoms with Gasteiger partial charge in [0.2, 0.25) is 0 Å². The Hall–Kier alpha value is -1.46. The summed E-state index contributed by atoms with van der Waals surface area (Å²) >= 11 is 0. The second kappa shape index (κ2) is 7.86. The van der Waals surface area contributed by atoms with Gasteiger partial charge in [0.25, 0.3) is 0 Å². The van der Waals surface area contributed by atoms with Gasteiger partial charge >= 0.3 is 6.03 Å². The molecule has 110 valence electrons. The molecule has 6 heteroatoms. The summed E-state index contributed by atoms with van der Waals surface area (Å²) < 4.78 is 0. The maximum absolute atomic E-state index is 11.9. The molecule has 1 aliphatic rings. The lowest BCUT2D eigenvalue weighted by molar-refractivity contribution is 0.228. The van der Waals surface area contributed by atoms with Crippen molar-refractivity contribution in [2.75, 3.05) is 6.54 Å². The number of rotatable bonds is 5. The molecular weight excluding hydrogens is 244 g/mol. The minimum atomic E-state index is -0.693. The zero-order valence-corrected chi connectivity index (χ0v) is 11.7. The summed E-state index contributed by atoms with van der Waals surface area (Å²) in [5.74, 6) is 0.111. The third-order valence-corrected chi connectivity index (χ3v) is 3.72. The first kappa shape index (κ1) is 15.6. The molecule has 5 N–H and O–H groups in total. The highest BCUT2D eigenvalue weighted by Gasteiger charge is 2.37. The SMILES string of the molecule is CCCCNC(=O)NC1(/C(N)=N/O)CCCCCC1. The number of nitrogens with zero attached hydrogens (tertiary/aromatic N) is 1. The summed E-state index contributed by atoms with van der Waals surface area (Å²) in [7, 11) is 0. The lowest BCUT2D eigenvalue weighted by atomic mass is 9.89. The predicted molar refractivity (Wildman–Crippen MR) is 75.3 cm³/mol. The summed E-state index contributed by atoms with van der Waals surface area (Å²) in [4.78, 5) is 11.9. The van der Waals surface area contributed by atoms with Gasteiger partial charge in [0.05, 0.1) is 0 Å². The van der Waals surface area contributed by atoms with Crippen molar-refractivity contribution in [2.24, 2.45) is 10.9 Å².